The van der Waals surface area contributed by atoms with Crippen molar-refractivity contribution in [1.29, 1.82) is 0 Å². The lowest BCUT2D eigenvalue weighted by atomic mass is 9.83. The van der Waals surface area contributed by atoms with Crippen molar-refractivity contribution in [2.24, 2.45) is 11.7 Å². The van der Waals surface area contributed by atoms with E-state index < -0.39 is 0 Å². The minimum Gasteiger partial charge on any atom is -0.490 e. The number of ether oxygens (including phenoxy) is 1. The van der Waals surface area contributed by atoms with Crippen molar-refractivity contribution >= 4 is 5.78 Å². The minimum absolute atomic E-state index is 0.161. The number of carbonyl (C=O) groups excluding carboxylic acids is 1. The van der Waals surface area contributed by atoms with Gasteiger partial charge in [0.15, 0.2) is 11.5 Å². The van der Waals surface area contributed by atoms with Gasteiger partial charge in [0.1, 0.15) is 0 Å². The Morgan fingerprint density at radius 3 is 2.67 bits per heavy atom. The Morgan fingerprint density at radius 1 is 1.33 bits per heavy atom. The molecule has 0 radical (unpaired) electrons. The molecular formula is C12H19NO2. The molecule has 2 N–H and O–H groups in total. The fourth-order valence-corrected chi connectivity index (χ4v) is 2.31. The number of carbonyl (C=O) groups is 1. The van der Waals surface area contributed by atoms with Crippen molar-refractivity contribution in [3.8, 4) is 0 Å². The van der Waals surface area contributed by atoms with E-state index in [0.29, 0.717) is 18.4 Å². The number of hydrogen-bond donors (Lipinski definition) is 1. The molecule has 0 amide bonds. The number of ketones is 1. The first-order valence-corrected chi connectivity index (χ1v) is 5.90. The minimum atomic E-state index is 0.161. The summed E-state index contributed by atoms with van der Waals surface area (Å²) in [6, 6.07) is 0.301. The fraction of sp³-hybridized carbons (Fsp3) is 0.750. The third-order valence-corrected chi connectivity index (χ3v) is 3.32. The Morgan fingerprint density at radius 2 is 2.07 bits per heavy atom. The fourth-order valence-electron chi connectivity index (χ4n) is 2.31. The van der Waals surface area contributed by atoms with Crippen LogP contribution in [0.2, 0.25) is 0 Å². The molecule has 0 aromatic rings. The molecular weight excluding hydrogens is 190 g/mol. The number of rotatable bonds is 2. The average molecular weight is 209 g/mol. The normalized spacial score (nSPS) is 31.7. The van der Waals surface area contributed by atoms with Crippen LogP contribution < -0.4 is 5.73 Å². The predicted octanol–water partition coefficient (Wildman–Crippen LogP) is 1.77. The van der Waals surface area contributed by atoms with Crippen LogP contribution in [-0.4, -0.2) is 18.4 Å². The highest BCUT2D eigenvalue weighted by molar-refractivity contribution is 5.95. The number of allylic oxidation sites excluding steroid dienone is 2. The summed E-state index contributed by atoms with van der Waals surface area (Å²) in [6.07, 6.45) is 7.77. The molecule has 3 nitrogen and oxygen atoms in total. The molecule has 0 atom stereocenters. The van der Waals surface area contributed by atoms with E-state index in [1.54, 1.807) is 0 Å². The monoisotopic (exact) mass is 209 g/mol. The van der Waals surface area contributed by atoms with Gasteiger partial charge in [0.2, 0.25) is 0 Å². The van der Waals surface area contributed by atoms with E-state index in [2.05, 4.69) is 0 Å². The van der Waals surface area contributed by atoms with Crippen molar-refractivity contribution in [2.75, 3.05) is 6.61 Å². The van der Waals surface area contributed by atoms with Crippen molar-refractivity contribution in [3.05, 3.63) is 11.8 Å². The summed E-state index contributed by atoms with van der Waals surface area (Å²) < 4.78 is 5.40. The van der Waals surface area contributed by atoms with Gasteiger partial charge in [-0.2, -0.15) is 0 Å². The lowest BCUT2D eigenvalue weighted by Crippen LogP contribution is -2.31. The molecule has 1 heterocycles. The van der Waals surface area contributed by atoms with Gasteiger partial charge in [0.25, 0.3) is 0 Å². The third kappa shape index (κ3) is 2.59. The Balaban J connectivity index is 1.92. The van der Waals surface area contributed by atoms with E-state index >= 15 is 0 Å². The quantitative estimate of drug-likeness (QED) is 0.754. The van der Waals surface area contributed by atoms with Gasteiger partial charge >= 0.3 is 0 Å². The molecule has 84 valence electrons. The first kappa shape index (κ1) is 10.7. The molecule has 0 aromatic heterocycles. The highest BCUT2D eigenvalue weighted by Crippen LogP contribution is 2.27. The van der Waals surface area contributed by atoms with Crippen LogP contribution in [0.15, 0.2) is 11.8 Å². The second kappa shape index (κ2) is 4.79. The molecule has 1 aliphatic heterocycles. The maximum Gasteiger partial charge on any atom is 0.200 e. The third-order valence-electron chi connectivity index (χ3n) is 3.32. The van der Waals surface area contributed by atoms with Gasteiger partial charge in [0.05, 0.1) is 6.61 Å². The number of hydrogen-bond acceptors (Lipinski definition) is 3. The molecule has 0 spiro atoms. The predicted molar refractivity (Wildman–Crippen MR) is 58.2 cm³/mol. The SMILES string of the molecule is NC1CCC(C(=O)C2=CCCCO2)CC1. The first-order valence-electron chi connectivity index (χ1n) is 5.90. The Kier molecular flexibility index (Phi) is 3.41. The smallest absolute Gasteiger partial charge is 0.200 e. The van der Waals surface area contributed by atoms with Crippen LogP contribution in [-0.2, 0) is 9.53 Å². The van der Waals surface area contributed by atoms with Gasteiger partial charge in [-0.1, -0.05) is 0 Å². The van der Waals surface area contributed by atoms with E-state index in [1.807, 2.05) is 6.08 Å². The maximum absolute atomic E-state index is 12.0. The van der Waals surface area contributed by atoms with Gasteiger partial charge in [-0.3, -0.25) is 4.79 Å². The molecule has 0 bridgehead atoms. The molecule has 1 saturated carbocycles. The molecule has 2 aliphatic rings. The van der Waals surface area contributed by atoms with Gasteiger partial charge in [-0.15, -0.1) is 0 Å². The summed E-state index contributed by atoms with van der Waals surface area (Å²) in [4.78, 5) is 12.0. The number of nitrogens with two attached hydrogens (primary N) is 1. The van der Waals surface area contributed by atoms with Crippen LogP contribution in [0.4, 0.5) is 0 Å². The Bertz CT molecular complexity index is 265. The van der Waals surface area contributed by atoms with Crippen LogP contribution in [0, 0.1) is 5.92 Å². The standard InChI is InChI=1S/C12H19NO2/c13-10-6-4-9(5-7-10)12(14)11-3-1-2-8-15-11/h3,9-10H,1-2,4-8,13H2. The Labute approximate surface area is 90.7 Å². The van der Waals surface area contributed by atoms with Crippen molar-refractivity contribution < 1.29 is 9.53 Å². The second-order valence-electron chi connectivity index (χ2n) is 4.54. The topological polar surface area (TPSA) is 52.3 Å². The zero-order valence-corrected chi connectivity index (χ0v) is 9.08. The average Bonchev–Trinajstić information content (AvgIpc) is 2.30. The lowest BCUT2D eigenvalue weighted by Gasteiger charge is -2.26. The molecule has 3 heteroatoms. The molecule has 0 aromatic carbocycles. The van der Waals surface area contributed by atoms with Crippen molar-refractivity contribution in [1.82, 2.24) is 0 Å². The van der Waals surface area contributed by atoms with Crippen LogP contribution in [0.1, 0.15) is 38.5 Å². The molecule has 15 heavy (non-hydrogen) atoms. The zero-order chi connectivity index (χ0) is 10.7. The van der Waals surface area contributed by atoms with E-state index in [4.69, 9.17) is 10.5 Å². The molecule has 0 saturated heterocycles. The zero-order valence-electron chi connectivity index (χ0n) is 9.08. The van der Waals surface area contributed by atoms with Crippen LogP contribution >= 0.6 is 0 Å². The summed E-state index contributed by atoms with van der Waals surface area (Å²) in [5.74, 6) is 0.984. The maximum atomic E-state index is 12.0. The van der Waals surface area contributed by atoms with Crippen LogP contribution in [0.3, 0.4) is 0 Å². The van der Waals surface area contributed by atoms with E-state index in [9.17, 15) is 4.79 Å². The van der Waals surface area contributed by atoms with E-state index in [0.717, 1.165) is 38.5 Å². The highest BCUT2D eigenvalue weighted by atomic mass is 16.5. The van der Waals surface area contributed by atoms with Crippen molar-refractivity contribution in [2.45, 2.75) is 44.6 Å². The second-order valence-corrected chi connectivity index (χ2v) is 4.54. The molecule has 2 rings (SSSR count). The summed E-state index contributed by atoms with van der Waals surface area (Å²) in [7, 11) is 0. The largest absolute Gasteiger partial charge is 0.490 e. The highest BCUT2D eigenvalue weighted by Gasteiger charge is 2.28. The Hall–Kier alpha value is -0.830. The van der Waals surface area contributed by atoms with E-state index in [-0.39, 0.29) is 11.7 Å². The summed E-state index contributed by atoms with van der Waals surface area (Å²) in [5, 5.41) is 0. The molecule has 1 fully saturated rings. The molecule has 1 aliphatic carbocycles. The summed E-state index contributed by atoms with van der Waals surface area (Å²) in [5.41, 5.74) is 5.82. The summed E-state index contributed by atoms with van der Waals surface area (Å²) >= 11 is 0. The van der Waals surface area contributed by atoms with Gasteiger partial charge in [0, 0.05) is 12.0 Å². The van der Waals surface area contributed by atoms with E-state index in [1.165, 1.54) is 0 Å². The van der Waals surface area contributed by atoms with Crippen molar-refractivity contribution in [3.63, 3.8) is 0 Å². The van der Waals surface area contributed by atoms with Gasteiger partial charge in [-0.25, -0.2) is 0 Å². The van der Waals surface area contributed by atoms with Gasteiger partial charge < -0.3 is 10.5 Å². The lowest BCUT2D eigenvalue weighted by molar-refractivity contribution is -0.123. The summed E-state index contributed by atoms with van der Waals surface area (Å²) in [6.45, 7) is 0.698. The van der Waals surface area contributed by atoms with Crippen LogP contribution in [0.5, 0.6) is 0 Å². The molecule has 0 unspecified atom stereocenters. The van der Waals surface area contributed by atoms with Crippen LogP contribution in [0.25, 0.3) is 0 Å². The number of Topliss-reactive ketones (excluding diaryl/α,β-unsaturated/α-hetero) is 1. The van der Waals surface area contributed by atoms with Gasteiger partial charge in [-0.05, 0) is 44.6 Å². The first-order chi connectivity index (χ1) is 7.27.